The molecule has 0 bridgehead atoms. The molecule has 0 aromatic rings. The number of nitrogens with zero attached hydrogens (tertiary/aromatic N) is 1. The maximum Gasteiger partial charge on any atom is 0.226 e. The molecule has 6 nitrogen and oxygen atoms in total. The molecule has 0 spiro atoms. The summed E-state index contributed by atoms with van der Waals surface area (Å²) in [7, 11) is 0. The Labute approximate surface area is 157 Å². The molecule has 3 heterocycles. The van der Waals surface area contributed by atoms with Gasteiger partial charge < -0.3 is 19.7 Å². The van der Waals surface area contributed by atoms with Gasteiger partial charge in [-0.2, -0.15) is 0 Å². The summed E-state index contributed by atoms with van der Waals surface area (Å²) in [5.74, 6) is 0.545. The third-order valence-electron chi connectivity index (χ3n) is 5.77. The summed E-state index contributed by atoms with van der Waals surface area (Å²) >= 11 is 0. The van der Waals surface area contributed by atoms with E-state index in [1.165, 1.54) is 0 Å². The fourth-order valence-electron chi connectivity index (χ4n) is 4.43. The molecular formula is C20H34N2O4. The first-order valence-electron chi connectivity index (χ1n) is 10.3. The van der Waals surface area contributed by atoms with E-state index < -0.39 is 0 Å². The second-order valence-corrected chi connectivity index (χ2v) is 8.52. The molecule has 3 rings (SSSR count). The summed E-state index contributed by atoms with van der Waals surface area (Å²) in [4.78, 5) is 26.8. The number of carbonyl (C=O) groups is 2. The fourth-order valence-corrected chi connectivity index (χ4v) is 4.43. The number of carbonyl (C=O) groups excluding carboxylic acids is 2. The van der Waals surface area contributed by atoms with Gasteiger partial charge in [-0.15, -0.1) is 0 Å². The Morgan fingerprint density at radius 1 is 1.31 bits per heavy atom. The average Bonchev–Trinajstić information content (AvgIpc) is 3.12. The number of amides is 2. The summed E-state index contributed by atoms with van der Waals surface area (Å²) in [6.07, 6.45) is 6.53. The lowest BCUT2D eigenvalue weighted by atomic mass is 9.86. The second kappa shape index (κ2) is 9.18. The van der Waals surface area contributed by atoms with Crippen LogP contribution >= 0.6 is 0 Å². The highest BCUT2D eigenvalue weighted by atomic mass is 16.5. The SMILES string of the molecule is CC(C)CC1CC(C(=O)N2CCC(OCC3CCCO3)CC2)CC(=O)N1. The Morgan fingerprint density at radius 2 is 2.08 bits per heavy atom. The number of nitrogens with one attached hydrogen (secondary N) is 1. The minimum atomic E-state index is -0.156. The van der Waals surface area contributed by atoms with Crippen LogP contribution in [0.4, 0.5) is 0 Å². The van der Waals surface area contributed by atoms with Crippen molar-refractivity contribution in [1.82, 2.24) is 10.2 Å². The lowest BCUT2D eigenvalue weighted by molar-refractivity contribution is -0.143. The quantitative estimate of drug-likeness (QED) is 0.782. The average molecular weight is 367 g/mol. The Bertz CT molecular complexity index is 482. The number of hydrogen-bond donors (Lipinski definition) is 1. The maximum atomic E-state index is 12.9. The third-order valence-corrected chi connectivity index (χ3v) is 5.77. The van der Waals surface area contributed by atoms with Crippen molar-refractivity contribution in [3.8, 4) is 0 Å². The molecule has 3 saturated heterocycles. The van der Waals surface area contributed by atoms with Gasteiger partial charge in [0.25, 0.3) is 0 Å². The van der Waals surface area contributed by atoms with Gasteiger partial charge in [0.2, 0.25) is 11.8 Å². The molecule has 26 heavy (non-hydrogen) atoms. The van der Waals surface area contributed by atoms with E-state index in [1.807, 2.05) is 4.90 Å². The van der Waals surface area contributed by atoms with Gasteiger partial charge in [0.1, 0.15) is 0 Å². The van der Waals surface area contributed by atoms with Gasteiger partial charge in [0.15, 0.2) is 0 Å². The van der Waals surface area contributed by atoms with E-state index in [9.17, 15) is 9.59 Å². The van der Waals surface area contributed by atoms with Crippen LogP contribution in [0.15, 0.2) is 0 Å². The smallest absolute Gasteiger partial charge is 0.226 e. The molecule has 1 N–H and O–H groups in total. The van der Waals surface area contributed by atoms with E-state index in [-0.39, 0.29) is 36.0 Å². The van der Waals surface area contributed by atoms with Crippen molar-refractivity contribution in [1.29, 1.82) is 0 Å². The maximum absolute atomic E-state index is 12.9. The van der Waals surface area contributed by atoms with Crippen molar-refractivity contribution in [2.45, 2.75) is 77.0 Å². The van der Waals surface area contributed by atoms with Crippen LogP contribution in [-0.4, -0.2) is 61.3 Å². The number of rotatable bonds is 6. The topological polar surface area (TPSA) is 67.9 Å². The zero-order valence-electron chi connectivity index (χ0n) is 16.2. The number of likely N-dealkylation sites (tertiary alicyclic amines) is 1. The van der Waals surface area contributed by atoms with Gasteiger partial charge in [-0.3, -0.25) is 9.59 Å². The van der Waals surface area contributed by atoms with E-state index in [0.717, 1.165) is 58.2 Å². The molecule has 3 aliphatic rings. The Morgan fingerprint density at radius 3 is 2.73 bits per heavy atom. The van der Waals surface area contributed by atoms with Crippen molar-refractivity contribution >= 4 is 11.8 Å². The van der Waals surface area contributed by atoms with E-state index >= 15 is 0 Å². The van der Waals surface area contributed by atoms with Crippen LogP contribution in [0.5, 0.6) is 0 Å². The standard InChI is InChI=1S/C20H34N2O4/c1-14(2)10-16-11-15(12-19(23)21-16)20(24)22-7-5-17(6-8-22)26-13-18-4-3-9-25-18/h14-18H,3-13H2,1-2H3,(H,21,23). The predicted octanol–water partition coefficient (Wildman–Crippen LogP) is 2.11. The molecule has 0 radical (unpaired) electrons. The first kappa shape index (κ1) is 19.6. The molecule has 0 aromatic carbocycles. The van der Waals surface area contributed by atoms with E-state index in [0.29, 0.717) is 18.9 Å². The van der Waals surface area contributed by atoms with Crippen molar-refractivity contribution in [2.75, 3.05) is 26.3 Å². The van der Waals surface area contributed by atoms with Gasteiger partial charge in [0, 0.05) is 38.1 Å². The van der Waals surface area contributed by atoms with E-state index in [1.54, 1.807) is 0 Å². The van der Waals surface area contributed by atoms with Crippen LogP contribution in [0, 0.1) is 11.8 Å². The summed E-state index contributed by atoms with van der Waals surface area (Å²) < 4.78 is 11.6. The molecule has 0 aliphatic carbocycles. The normalized spacial score (nSPS) is 30.7. The van der Waals surface area contributed by atoms with E-state index in [4.69, 9.17) is 9.47 Å². The number of ether oxygens (including phenoxy) is 2. The van der Waals surface area contributed by atoms with Gasteiger partial charge in [0.05, 0.1) is 18.8 Å². The van der Waals surface area contributed by atoms with Crippen LogP contribution < -0.4 is 5.32 Å². The van der Waals surface area contributed by atoms with Crippen LogP contribution in [0.1, 0.15) is 58.8 Å². The second-order valence-electron chi connectivity index (χ2n) is 8.52. The number of hydrogen-bond acceptors (Lipinski definition) is 4. The Hall–Kier alpha value is -1.14. The van der Waals surface area contributed by atoms with Crippen LogP contribution in [0.2, 0.25) is 0 Å². The van der Waals surface area contributed by atoms with Gasteiger partial charge in [-0.1, -0.05) is 13.8 Å². The van der Waals surface area contributed by atoms with Crippen molar-refractivity contribution in [3.05, 3.63) is 0 Å². The summed E-state index contributed by atoms with van der Waals surface area (Å²) in [6.45, 7) is 7.31. The molecule has 0 aromatic heterocycles. The van der Waals surface area contributed by atoms with Crippen molar-refractivity contribution in [2.24, 2.45) is 11.8 Å². The third kappa shape index (κ3) is 5.43. The minimum absolute atomic E-state index is 0.0232. The van der Waals surface area contributed by atoms with E-state index in [2.05, 4.69) is 19.2 Å². The van der Waals surface area contributed by atoms with Crippen LogP contribution in [-0.2, 0) is 19.1 Å². The molecule has 0 saturated carbocycles. The summed E-state index contributed by atoms with van der Waals surface area (Å²) in [5.41, 5.74) is 0. The zero-order valence-corrected chi connectivity index (χ0v) is 16.2. The largest absolute Gasteiger partial charge is 0.376 e. The summed E-state index contributed by atoms with van der Waals surface area (Å²) in [6, 6.07) is 0.137. The molecule has 3 fully saturated rings. The molecule has 6 heteroatoms. The fraction of sp³-hybridized carbons (Fsp3) is 0.900. The predicted molar refractivity (Wildman–Crippen MR) is 98.6 cm³/mol. The molecule has 2 amide bonds. The zero-order chi connectivity index (χ0) is 18.5. The van der Waals surface area contributed by atoms with Crippen molar-refractivity contribution in [3.63, 3.8) is 0 Å². The number of piperidine rings is 2. The Balaban J connectivity index is 1.42. The van der Waals surface area contributed by atoms with Gasteiger partial charge in [-0.25, -0.2) is 0 Å². The molecule has 3 atom stereocenters. The van der Waals surface area contributed by atoms with Gasteiger partial charge in [-0.05, 0) is 44.4 Å². The molecule has 3 unspecified atom stereocenters. The van der Waals surface area contributed by atoms with Crippen LogP contribution in [0.25, 0.3) is 0 Å². The Kier molecular flexibility index (Phi) is 6.92. The highest BCUT2D eigenvalue weighted by Gasteiger charge is 2.35. The highest BCUT2D eigenvalue weighted by molar-refractivity contribution is 5.87. The van der Waals surface area contributed by atoms with Crippen LogP contribution in [0.3, 0.4) is 0 Å². The van der Waals surface area contributed by atoms with Gasteiger partial charge >= 0.3 is 0 Å². The monoisotopic (exact) mass is 366 g/mol. The molecule has 3 aliphatic heterocycles. The minimum Gasteiger partial charge on any atom is -0.376 e. The first-order chi connectivity index (χ1) is 12.5. The lowest BCUT2D eigenvalue weighted by Gasteiger charge is -2.37. The lowest BCUT2D eigenvalue weighted by Crippen LogP contribution is -2.50. The highest BCUT2D eigenvalue weighted by Crippen LogP contribution is 2.25. The first-order valence-corrected chi connectivity index (χ1v) is 10.3. The molecular weight excluding hydrogens is 332 g/mol. The summed E-state index contributed by atoms with van der Waals surface area (Å²) in [5, 5.41) is 3.04. The molecule has 148 valence electrons. The van der Waals surface area contributed by atoms with Crippen molar-refractivity contribution < 1.29 is 19.1 Å².